The summed E-state index contributed by atoms with van der Waals surface area (Å²) in [6, 6.07) is 13.2. The molecule has 60 heavy (non-hydrogen) atoms. The van der Waals surface area contributed by atoms with Crippen molar-refractivity contribution in [1.82, 2.24) is 40.4 Å². The number of rotatable bonds is 10. The van der Waals surface area contributed by atoms with Crippen molar-refractivity contribution in [1.29, 1.82) is 0 Å². The first-order valence-electron chi connectivity index (χ1n) is 21.3. The van der Waals surface area contributed by atoms with E-state index in [1.807, 2.05) is 37.5 Å². The normalized spacial score (nSPS) is 24.5. The highest BCUT2D eigenvalue weighted by molar-refractivity contribution is 5.88. The van der Waals surface area contributed by atoms with Crippen molar-refractivity contribution in [2.75, 3.05) is 14.2 Å². The van der Waals surface area contributed by atoms with Crippen molar-refractivity contribution in [3.63, 3.8) is 0 Å². The highest BCUT2D eigenvalue weighted by atomic mass is 16.5. The van der Waals surface area contributed by atoms with Gasteiger partial charge in [-0.3, -0.25) is 9.59 Å². The molecule has 4 N–H and O–H groups in total. The molecule has 314 valence electrons. The van der Waals surface area contributed by atoms with Crippen LogP contribution in [0.2, 0.25) is 0 Å². The maximum atomic E-state index is 14.0. The van der Waals surface area contributed by atoms with E-state index in [0.29, 0.717) is 11.7 Å². The van der Waals surface area contributed by atoms with E-state index in [-0.39, 0.29) is 47.7 Å². The number of nitrogens with zero attached hydrogens (tertiary/aromatic N) is 4. The van der Waals surface area contributed by atoms with Crippen molar-refractivity contribution < 1.29 is 28.7 Å². The van der Waals surface area contributed by atoms with E-state index >= 15 is 0 Å². The van der Waals surface area contributed by atoms with Crippen LogP contribution in [0, 0.1) is 23.7 Å². The van der Waals surface area contributed by atoms with Crippen molar-refractivity contribution >= 4 is 24.0 Å². The van der Waals surface area contributed by atoms with E-state index in [4.69, 9.17) is 19.4 Å². The van der Waals surface area contributed by atoms with Gasteiger partial charge in [-0.15, -0.1) is 0 Å². The summed E-state index contributed by atoms with van der Waals surface area (Å²) in [7, 11) is 2.61. The van der Waals surface area contributed by atoms with Gasteiger partial charge in [-0.05, 0) is 84.1 Å². The van der Waals surface area contributed by atoms with Gasteiger partial charge in [-0.2, -0.15) is 0 Å². The Morgan fingerprint density at radius 2 is 1.43 bits per heavy atom. The van der Waals surface area contributed by atoms with Crippen LogP contribution in [0.1, 0.15) is 88.4 Å². The van der Waals surface area contributed by atoms with Crippen LogP contribution >= 0.6 is 0 Å². The zero-order valence-corrected chi connectivity index (χ0v) is 35.1. The molecule has 2 aromatic heterocycles. The number of alkyl carbamates (subject to hydrolysis) is 2. The quantitative estimate of drug-likeness (QED) is 0.126. The molecular weight excluding hydrogens is 761 g/mol. The predicted molar refractivity (Wildman–Crippen MR) is 224 cm³/mol. The van der Waals surface area contributed by atoms with Crippen molar-refractivity contribution in [3.05, 3.63) is 83.7 Å². The summed E-state index contributed by atoms with van der Waals surface area (Å²) < 4.78 is 9.65. The minimum absolute atomic E-state index is 0.0470. The number of amides is 4. The second-order valence-electron chi connectivity index (χ2n) is 17.8. The number of imidazole rings is 2. The van der Waals surface area contributed by atoms with Crippen molar-refractivity contribution in [2.45, 2.75) is 102 Å². The molecule has 14 heteroatoms. The number of carbonyl (C=O) groups is 4. The number of aryl methyl sites for hydroxylation is 2. The zero-order chi connectivity index (χ0) is 42.1. The van der Waals surface area contributed by atoms with Crippen LogP contribution in [-0.2, 0) is 31.9 Å². The largest absolute Gasteiger partial charge is 0.453 e. The van der Waals surface area contributed by atoms with E-state index in [2.05, 4.69) is 69.6 Å². The first-order chi connectivity index (χ1) is 28.9. The van der Waals surface area contributed by atoms with Crippen LogP contribution in [0.3, 0.4) is 0 Å². The summed E-state index contributed by atoms with van der Waals surface area (Å²) in [6.07, 6.45) is 6.04. The average Bonchev–Trinajstić information content (AvgIpc) is 4.00. The molecule has 9 rings (SSSR count). The van der Waals surface area contributed by atoms with Crippen LogP contribution in [0.5, 0.6) is 0 Å². The molecule has 8 atom stereocenters. The van der Waals surface area contributed by atoms with Gasteiger partial charge in [0.05, 0.1) is 37.8 Å². The Bertz CT molecular complexity index is 2360. The number of aromatic nitrogens is 4. The number of nitrogens with one attached hydrogen (secondary N) is 4. The maximum absolute atomic E-state index is 14.0. The highest BCUT2D eigenvalue weighted by Crippen LogP contribution is 2.57. The number of hydrogen-bond acceptors (Lipinski definition) is 8. The first kappa shape index (κ1) is 39.5. The summed E-state index contributed by atoms with van der Waals surface area (Å²) in [4.78, 5) is 73.2. The lowest BCUT2D eigenvalue weighted by molar-refractivity contribution is -0.137. The third-order valence-corrected chi connectivity index (χ3v) is 13.3. The molecular formula is C46H54N8O6. The Morgan fingerprint density at radius 3 is 2.10 bits per heavy atom. The van der Waals surface area contributed by atoms with E-state index < -0.39 is 30.3 Å². The fourth-order valence-electron chi connectivity index (χ4n) is 9.92. The number of H-pyrrole nitrogens is 2. The molecule has 0 radical (unpaired) electrons. The topological polar surface area (TPSA) is 175 Å². The number of piperidine rings is 2. The van der Waals surface area contributed by atoms with Gasteiger partial charge in [-0.25, -0.2) is 19.6 Å². The Balaban J connectivity index is 0.924. The molecule has 14 nitrogen and oxygen atoms in total. The smallest absolute Gasteiger partial charge is 0.407 e. The Hall–Kier alpha value is -5.92. The van der Waals surface area contributed by atoms with E-state index in [1.54, 1.807) is 6.20 Å². The average molecular weight is 815 g/mol. The van der Waals surface area contributed by atoms with Crippen LogP contribution in [0.4, 0.5) is 9.59 Å². The molecule has 2 saturated heterocycles. The summed E-state index contributed by atoms with van der Waals surface area (Å²) >= 11 is 0. The van der Waals surface area contributed by atoms with Crippen LogP contribution < -0.4 is 10.6 Å². The van der Waals surface area contributed by atoms with E-state index in [0.717, 1.165) is 89.3 Å². The third kappa shape index (κ3) is 6.93. The van der Waals surface area contributed by atoms with Crippen LogP contribution in [0.25, 0.3) is 33.6 Å². The number of ether oxygens (including phenoxy) is 2. The lowest BCUT2D eigenvalue weighted by atomic mass is 9.95. The van der Waals surface area contributed by atoms with Gasteiger partial charge in [0.25, 0.3) is 0 Å². The SMILES string of the molecule is C=C1C2C[C@H]2N(C(=O)[C@@H](NC(=O)OC)C(C)C)[C@@H]1c1ncc(-c2ccc(-c3ccc4c(c3)CCCc3[nH]c([C@@H]5CC6C[C@H]6N5C(=O)[C@@H](NC(=O)OC)C(C)C)nc3-4)cc2)[nH]1. The minimum atomic E-state index is -0.728. The summed E-state index contributed by atoms with van der Waals surface area (Å²) in [6.45, 7) is 12.1. The summed E-state index contributed by atoms with van der Waals surface area (Å²) in [5.74, 6) is 1.68. The van der Waals surface area contributed by atoms with Gasteiger partial charge in [-0.1, -0.05) is 76.7 Å². The fraction of sp³-hybridized carbons (Fsp3) is 0.478. The molecule has 2 aliphatic heterocycles. The summed E-state index contributed by atoms with van der Waals surface area (Å²) in [5, 5.41) is 5.50. The number of fused-ring (bicyclic) bond motifs is 5. The minimum Gasteiger partial charge on any atom is -0.453 e. The van der Waals surface area contributed by atoms with Crippen LogP contribution in [-0.4, -0.2) is 92.1 Å². The van der Waals surface area contributed by atoms with Gasteiger partial charge in [0.2, 0.25) is 11.8 Å². The molecule has 5 aliphatic rings. The molecule has 2 aromatic carbocycles. The van der Waals surface area contributed by atoms with Gasteiger partial charge >= 0.3 is 12.2 Å². The monoisotopic (exact) mass is 814 g/mol. The van der Waals surface area contributed by atoms with Gasteiger partial charge < -0.3 is 39.9 Å². The molecule has 3 aliphatic carbocycles. The number of aromatic amines is 2. The predicted octanol–water partition coefficient (Wildman–Crippen LogP) is 6.87. The van der Waals surface area contributed by atoms with Gasteiger partial charge in [0.15, 0.2) is 0 Å². The molecule has 4 fully saturated rings. The third-order valence-electron chi connectivity index (χ3n) is 13.3. The maximum Gasteiger partial charge on any atom is 0.407 e. The molecule has 4 heterocycles. The van der Waals surface area contributed by atoms with Crippen molar-refractivity contribution in [3.8, 4) is 33.6 Å². The molecule has 0 bridgehead atoms. The lowest BCUT2D eigenvalue weighted by Crippen LogP contribution is -2.52. The molecule has 4 amide bonds. The van der Waals surface area contributed by atoms with Gasteiger partial charge in [0.1, 0.15) is 29.8 Å². The van der Waals surface area contributed by atoms with E-state index in [1.165, 1.54) is 19.8 Å². The van der Waals surface area contributed by atoms with Crippen molar-refractivity contribution in [2.24, 2.45) is 23.7 Å². The first-order valence-corrected chi connectivity index (χ1v) is 21.3. The zero-order valence-electron chi connectivity index (χ0n) is 35.1. The Morgan fingerprint density at radius 1 is 0.783 bits per heavy atom. The number of methoxy groups -OCH3 is 2. The second kappa shape index (κ2) is 15.3. The van der Waals surface area contributed by atoms with Gasteiger partial charge in [0, 0.05) is 29.3 Å². The number of benzene rings is 2. The Kier molecular flexibility index (Phi) is 10.1. The lowest BCUT2D eigenvalue weighted by Gasteiger charge is -2.32. The molecule has 0 spiro atoms. The van der Waals surface area contributed by atoms with E-state index in [9.17, 15) is 19.2 Å². The molecule has 2 unspecified atom stereocenters. The Labute approximate surface area is 349 Å². The molecule has 4 aromatic rings. The molecule has 2 saturated carbocycles. The highest BCUT2D eigenvalue weighted by Gasteiger charge is 2.59. The van der Waals surface area contributed by atoms with Crippen LogP contribution in [0.15, 0.2) is 60.8 Å². The number of hydrogen-bond donors (Lipinski definition) is 4. The number of likely N-dealkylation sites (tertiary alicyclic amines) is 2. The second-order valence-corrected chi connectivity index (χ2v) is 17.8. The summed E-state index contributed by atoms with van der Waals surface area (Å²) in [5.41, 5.74) is 9.39. The number of carbonyl (C=O) groups excluding carboxylic acids is 4. The fourth-order valence-corrected chi connectivity index (χ4v) is 9.92. The standard InChI is InChI=1S/C46H54N8O6/c1-22(2)37(51-45(57)59-6)43(55)53-34-18-29(34)19-36(53)41-48-32-10-8-9-28-17-27(15-16-30(28)39(32)50-41)25-11-13-26(14-12-25)33-21-47-42(49-33)40-24(5)31-20-35(31)54(40)44(56)38(23(3)4)52-46(58)60-7/h11-17,21-23,29,31,34-38,40H,5,8-10,18-20H2,1-4,6-7H3,(H,47,49)(H,48,50)(H,51,57)(H,52,58)/t29?,31?,34-,35-,36+,37+,38+,40+/m1/s1.